The first-order valence-electron chi connectivity index (χ1n) is 7.69. The Labute approximate surface area is 154 Å². The average molecular weight is 383 g/mol. The van der Waals surface area contributed by atoms with E-state index in [2.05, 4.69) is 10.3 Å². The molecule has 1 aliphatic heterocycles. The first kappa shape index (κ1) is 17.9. The van der Waals surface area contributed by atoms with E-state index < -0.39 is 12.1 Å². The maximum atomic E-state index is 11.1. The van der Waals surface area contributed by atoms with Crippen molar-refractivity contribution in [2.75, 3.05) is 19.7 Å². The van der Waals surface area contributed by atoms with Crippen molar-refractivity contribution in [2.24, 2.45) is 0 Å². The van der Waals surface area contributed by atoms with Crippen LogP contribution in [-0.2, 0) is 4.74 Å². The molecule has 0 aliphatic carbocycles. The smallest absolute Gasteiger partial charge is 0.354 e. The summed E-state index contributed by atoms with van der Waals surface area (Å²) in [6.07, 6.45) is -0.795. The van der Waals surface area contributed by atoms with Crippen LogP contribution in [0.25, 0.3) is 0 Å². The van der Waals surface area contributed by atoms with E-state index in [9.17, 15) is 4.79 Å². The third-order valence-corrected chi connectivity index (χ3v) is 4.49. The zero-order valence-corrected chi connectivity index (χ0v) is 14.6. The molecule has 0 bridgehead atoms. The Morgan fingerprint density at radius 2 is 2.12 bits per heavy atom. The molecule has 3 rings (SSSR count). The molecular formula is C17H16Cl2N2O4. The van der Waals surface area contributed by atoms with Crippen LogP contribution in [0, 0.1) is 0 Å². The fourth-order valence-electron chi connectivity index (χ4n) is 2.58. The minimum absolute atomic E-state index is 0.0777. The Hall–Kier alpha value is -1.86. The van der Waals surface area contributed by atoms with Crippen LogP contribution in [0.1, 0.15) is 22.2 Å². The maximum Gasteiger partial charge on any atom is 0.354 e. The standard InChI is InChI=1S/C17H16Cl2N2O4/c18-11-5-4-10(8-12(11)19)16-14(9-20-6-7-24-16)25-15-3-1-2-13(21-15)17(22)23/h1-5,8,14,16,20H,6-7,9H2,(H,22,23)/t14-,16?/m0/s1. The number of hydrogen-bond acceptors (Lipinski definition) is 5. The number of hydrogen-bond donors (Lipinski definition) is 2. The molecule has 1 unspecified atom stereocenters. The van der Waals surface area contributed by atoms with Gasteiger partial charge in [0.2, 0.25) is 5.88 Å². The van der Waals surface area contributed by atoms with Crippen LogP contribution in [0.5, 0.6) is 5.88 Å². The Morgan fingerprint density at radius 3 is 2.88 bits per heavy atom. The summed E-state index contributed by atoms with van der Waals surface area (Å²) in [7, 11) is 0. The summed E-state index contributed by atoms with van der Waals surface area (Å²) in [5.41, 5.74) is 0.753. The van der Waals surface area contributed by atoms with Crippen molar-refractivity contribution >= 4 is 29.2 Å². The van der Waals surface area contributed by atoms with Gasteiger partial charge in [-0.25, -0.2) is 9.78 Å². The van der Waals surface area contributed by atoms with Gasteiger partial charge in [-0.05, 0) is 23.8 Å². The molecule has 1 saturated heterocycles. The van der Waals surface area contributed by atoms with E-state index in [0.29, 0.717) is 29.7 Å². The summed E-state index contributed by atoms with van der Waals surface area (Å²) in [5.74, 6) is -0.885. The minimum Gasteiger partial charge on any atom is -0.477 e. The fourth-order valence-corrected chi connectivity index (χ4v) is 2.88. The van der Waals surface area contributed by atoms with Crippen LogP contribution in [-0.4, -0.2) is 41.9 Å². The van der Waals surface area contributed by atoms with E-state index in [4.69, 9.17) is 37.8 Å². The molecule has 0 saturated carbocycles. The van der Waals surface area contributed by atoms with Gasteiger partial charge in [-0.1, -0.05) is 35.3 Å². The number of halogens is 2. The summed E-state index contributed by atoms with van der Waals surface area (Å²) in [6, 6.07) is 9.90. The zero-order valence-electron chi connectivity index (χ0n) is 13.1. The number of ether oxygens (including phenoxy) is 2. The predicted molar refractivity (Wildman–Crippen MR) is 93.6 cm³/mol. The monoisotopic (exact) mass is 382 g/mol. The Balaban J connectivity index is 1.86. The van der Waals surface area contributed by atoms with Gasteiger partial charge in [0.1, 0.15) is 12.2 Å². The van der Waals surface area contributed by atoms with Gasteiger partial charge in [-0.3, -0.25) is 0 Å². The lowest BCUT2D eigenvalue weighted by Crippen LogP contribution is -2.34. The normalized spacial score (nSPS) is 20.7. The molecule has 25 heavy (non-hydrogen) atoms. The highest BCUT2D eigenvalue weighted by atomic mass is 35.5. The summed E-state index contributed by atoms with van der Waals surface area (Å²) >= 11 is 12.1. The van der Waals surface area contributed by atoms with Gasteiger partial charge in [-0.2, -0.15) is 0 Å². The van der Waals surface area contributed by atoms with Crippen molar-refractivity contribution in [3.8, 4) is 5.88 Å². The van der Waals surface area contributed by atoms with Crippen molar-refractivity contribution in [1.29, 1.82) is 0 Å². The highest BCUT2D eigenvalue weighted by Gasteiger charge is 2.29. The molecule has 8 heteroatoms. The van der Waals surface area contributed by atoms with Gasteiger partial charge in [0, 0.05) is 19.2 Å². The summed E-state index contributed by atoms with van der Waals surface area (Å²) < 4.78 is 11.8. The van der Waals surface area contributed by atoms with Crippen LogP contribution in [0.15, 0.2) is 36.4 Å². The molecule has 0 amide bonds. The topological polar surface area (TPSA) is 80.7 Å². The zero-order chi connectivity index (χ0) is 17.8. The van der Waals surface area contributed by atoms with Gasteiger partial charge >= 0.3 is 5.97 Å². The lowest BCUT2D eigenvalue weighted by molar-refractivity contribution is -0.0101. The second kappa shape index (κ2) is 8.01. The highest BCUT2D eigenvalue weighted by Crippen LogP contribution is 2.31. The van der Waals surface area contributed by atoms with E-state index in [-0.39, 0.29) is 17.7 Å². The number of nitrogens with one attached hydrogen (secondary N) is 1. The van der Waals surface area contributed by atoms with Crippen molar-refractivity contribution in [3.63, 3.8) is 0 Å². The van der Waals surface area contributed by atoms with Crippen molar-refractivity contribution < 1.29 is 19.4 Å². The number of nitrogens with zero attached hydrogens (tertiary/aromatic N) is 1. The van der Waals surface area contributed by atoms with Gasteiger partial charge in [-0.15, -0.1) is 0 Å². The molecule has 1 aliphatic rings. The lowest BCUT2D eigenvalue weighted by atomic mass is 10.0. The number of aromatic carboxylic acids is 1. The van der Waals surface area contributed by atoms with Crippen LogP contribution in [0.2, 0.25) is 10.0 Å². The molecule has 1 aromatic carbocycles. The summed E-state index contributed by atoms with van der Waals surface area (Å²) in [6.45, 7) is 1.71. The number of carbonyl (C=O) groups is 1. The molecule has 0 radical (unpaired) electrons. The molecule has 6 nitrogen and oxygen atoms in total. The van der Waals surface area contributed by atoms with E-state index in [1.54, 1.807) is 24.3 Å². The van der Waals surface area contributed by atoms with Gasteiger partial charge in [0.25, 0.3) is 0 Å². The van der Waals surface area contributed by atoms with Crippen molar-refractivity contribution in [2.45, 2.75) is 12.2 Å². The minimum atomic E-state index is -1.11. The molecular weight excluding hydrogens is 367 g/mol. The molecule has 2 N–H and O–H groups in total. The highest BCUT2D eigenvalue weighted by molar-refractivity contribution is 6.42. The largest absolute Gasteiger partial charge is 0.477 e. The maximum absolute atomic E-state index is 11.1. The molecule has 2 atom stereocenters. The number of rotatable bonds is 4. The average Bonchev–Trinajstić information content (AvgIpc) is 2.83. The molecule has 2 aromatic rings. The Bertz CT molecular complexity index is 772. The van der Waals surface area contributed by atoms with Gasteiger partial charge < -0.3 is 19.9 Å². The molecule has 1 fully saturated rings. The fraction of sp³-hybridized carbons (Fsp3) is 0.294. The van der Waals surface area contributed by atoms with Crippen molar-refractivity contribution in [3.05, 3.63) is 57.7 Å². The number of carboxylic acid groups (broad SMARTS) is 1. The van der Waals surface area contributed by atoms with Crippen LogP contribution in [0.3, 0.4) is 0 Å². The summed E-state index contributed by atoms with van der Waals surface area (Å²) in [5, 5.41) is 13.2. The third kappa shape index (κ3) is 4.41. The van der Waals surface area contributed by atoms with Crippen molar-refractivity contribution in [1.82, 2.24) is 10.3 Å². The van der Waals surface area contributed by atoms with E-state index in [0.717, 1.165) is 5.56 Å². The number of carboxylic acids is 1. The quantitative estimate of drug-likeness (QED) is 0.844. The Kier molecular flexibility index (Phi) is 5.75. The van der Waals surface area contributed by atoms with Gasteiger partial charge in [0.05, 0.1) is 16.7 Å². The van der Waals surface area contributed by atoms with E-state index in [1.807, 2.05) is 6.07 Å². The molecule has 0 spiro atoms. The van der Waals surface area contributed by atoms with E-state index in [1.165, 1.54) is 6.07 Å². The van der Waals surface area contributed by atoms with Gasteiger partial charge in [0.15, 0.2) is 5.69 Å². The number of benzene rings is 1. The van der Waals surface area contributed by atoms with E-state index >= 15 is 0 Å². The Morgan fingerprint density at radius 1 is 1.28 bits per heavy atom. The second-order valence-corrected chi connectivity index (χ2v) is 6.31. The van der Waals surface area contributed by atoms with Crippen LogP contribution < -0.4 is 10.1 Å². The third-order valence-electron chi connectivity index (χ3n) is 3.75. The first-order valence-corrected chi connectivity index (χ1v) is 8.44. The van der Waals surface area contributed by atoms with Crippen LogP contribution in [0.4, 0.5) is 0 Å². The first-order chi connectivity index (χ1) is 12.0. The summed E-state index contributed by atoms with van der Waals surface area (Å²) in [4.78, 5) is 15.1. The number of aromatic nitrogens is 1. The molecule has 1 aromatic heterocycles. The predicted octanol–water partition coefficient (Wildman–Crippen LogP) is 3.20. The SMILES string of the molecule is O=C(O)c1cccc(O[C@H]2CNCCOC2c2ccc(Cl)c(Cl)c2)n1. The van der Waals surface area contributed by atoms with Crippen LogP contribution >= 0.6 is 23.2 Å². The number of pyridine rings is 1. The molecule has 2 heterocycles. The second-order valence-electron chi connectivity index (χ2n) is 5.49. The molecule has 132 valence electrons. The lowest BCUT2D eigenvalue weighted by Gasteiger charge is -2.26.